The molecule has 0 aromatic heterocycles. The molecule has 2 rings (SSSR count). The molecule has 0 heterocycles. The minimum atomic E-state index is -10.7. The molecule has 130 valence electrons. The van der Waals surface area contributed by atoms with E-state index in [-0.39, 0.29) is 26.8 Å². The van der Waals surface area contributed by atoms with Gasteiger partial charge in [0.1, 0.15) is 5.78 Å². The summed E-state index contributed by atoms with van der Waals surface area (Å²) in [6, 6.07) is 0. The molecule has 2 aliphatic rings. The molecule has 0 bridgehead atoms. The van der Waals surface area contributed by atoms with Crippen molar-refractivity contribution in [3.05, 3.63) is 68.5 Å². The first-order valence-electron chi connectivity index (χ1n) is 4.99. The number of Topliss-reactive ketones (excluding diaryl/α,β-unsaturated/α-hetero) is 1. The zero-order valence-corrected chi connectivity index (χ0v) is 14.0. The van der Waals surface area contributed by atoms with Gasteiger partial charge in [0.2, 0.25) is 0 Å². The maximum atomic E-state index is 10.1. The largest absolute Gasteiger partial charge is 2.00 e. The molecule has 0 N–H and O–H groups in total. The molecule has 0 saturated heterocycles. The minimum absolute atomic E-state index is 0. The second-order valence-corrected chi connectivity index (χ2v) is 5.10. The van der Waals surface area contributed by atoms with E-state index in [9.17, 15) is 30.0 Å². The number of rotatable bonds is 0. The Labute approximate surface area is 144 Å². The maximum Gasteiger partial charge on any atom is 2.00 e. The molecule has 8 radical (unpaired) electrons. The van der Waals surface area contributed by atoms with Crippen molar-refractivity contribution in [1.82, 2.24) is 0 Å². The third kappa shape index (κ3) is 61.5. The van der Waals surface area contributed by atoms with Crippen LogP contribution in [0.2, 0.25) is 0 Å². The van der Waals surface area contributed by atoms with Gasteiger partial charge in [0.15, 0.2) is 0 Å². The molecule has 0 atom stereocenters. The molecule has 0 aromatic carbocycles. The molecule has 23 heavy (non-hydrogen) atoms. The number of nitroso groups, excluding NO2 is 1. The van der Waals surface area contributed by atoms with Crippen molar-refractivity contribution >= 4 is 13.6 Å². The Bertz CT molecular complexity index is 305. The van der Waals surface area contributed by atoms with Gasteiger partial charge in [0, 0.05) is 12.8 Å². The van der Waals surface area contributed by atoms with E-state index in [1.165, 1.54) is 0 Å². The Balaban J connectivity index is -0.000000105. The van der Waals surface area contributed by atoms with Crippen LogP contribution in [0.4, 0.5) is 25.2 Å². The first-order valence-corrected chi connectivity index (χ1v) is 7.02. The van der Waals surface area contributed by atoms with Crippen LogP contribution in [-0.2, 0) is 30.5 Å². The Morgan fingerprint density at radius 3 is 1.22 bits per heavy atom. The van der Waals surface area contributed by atoms with Gasteiger partial charge in [0.25, 0.3) is 0 Å². The zero-order valence-electron chi connectivity index (χ0n) is 11.1. The van der Waals surface area contributed by atoms with Gasteiger partial charge in [-0.15, -0.1) is 0 Å². The van der Waals surface area contributed by atoms with E-state index >= 15 is 0 Å². The normalized spacial score (nSPS) is 18.3. The fourth-order valence-electron chi connectivity index (χ4n) is 0.748. The Kier molecular flexibility index (Phi) is 17.3. The Morgan fingerprint density at radius 1 is 0.870 bits per heavy atom. The van der Waals surface area contributed by atoms with Gasteiger partial charge in [-0.05, 0) is 44.9 Å². The molecule has 2 saturated carbocycles. The molecular formula is C11H10F6MoNO3P. The Hall–Kier alpha value is -0.292. The van der Waals surface area contributed by atoms with E-state index in [4.69, 9.17) is 15.2 Å². The van der Waals surface area contributed by atoms with Gasteiger partial charge in [-0.3, -0.25) is 4.79 Å². The first kappa shape index (κ1) is 30.6. The van der Waals surface area contributed by atoms with Gasteiger partial charge >= 0.3 is 65.4 Å². The van der Waals surface area contributed by atoms with E-state index in [2.05, 4.69) is 6.65 Å². The standard InChI is InChI=1S/C5H5O.C5H5.CO.F6P.Mo.NO/c6-5-3-1-2-4-5;1-2-4-5-3-1;1-2;1-7(2,3,4,5)6;;1-2/h1-3H,4H2;1-5H;;;;/q;;;-1;+2;-1. The summed E-state index contributed by atoms with van der Waals surface area (Å²) in [4.78, 5) is 17.4. The van der Waals surface area contributed by atoms with Crippen molar-refractivity contribution < 1.29 is 55.7 Å². The smallest absolute Gasteiger partial charge is 0.577 e. The monoisotopic (exact) mass is 447 g/mol. The van der Waals surface area contributed by atoms with Crippen LogP contribution in [0.3, 0.4) is 0 Å². The third-order valence-electron chi connectivity index (χ3n) is 1.29. The number of hydrogen-bond acceptors (Lipinski definition) is 2. The van der Waals surface area contributed by atoms with E-state index in [1.807, 2.05) is 38.5 Å². The molecule has 0 aromatic rings. The van der Waals surface area contributed by atoms with Crippen LogP contribution in [0.15, 0.2) is 0 Å². The minimum Gasteiger partial charge on any atom is -0.577 e. The molecule has 0 aliphatic heterocycles. The van der Waals surface area contributed by atoms with Crippen LogP contribution >= 0.6 is 7.81 Å². The van der Waals surface area contributed by atoms with Crippen LogP contribution in [0.5, 0.6) is 0 Å². The van der Waals surface area contributed by atoms with E-state index in [0.717, 1.165) is 0 Å². The summed E-state index contributed by atoms with van der Waals surface area (Å²) in [5.41, 5.74) is 5.75. The number of hydrogen-bond donors (Lipinski definition) is 0. The van der Waals surface area contributed by atoms with Gasteiger partial charge in [0.05, 0.1) is 0 Å². The predicted molar refractivity (Wildman–Crippen MR) is 68.2 cm³/mol. The van der Waals surface area contributed by atoms with Gasteiger partial charge < -0.3 is 10.5 Å². The predicted octanol–water partition coefficient (Wildman–Crippen LogP) is 5.26. The first-order chi connectivity index (χ1) is 9.84. The van der Waals surface area contributed by atoms with E-state index in [0.29, 0.717) is 6.42 Å². The average molecular weight is 445 g/mol. The summed E-state index contributed by atoms with van der Waals surface area (Å²) >= 11 is 0. The van der Waals surface area contributed by atoms with Crippen LogP contribution in [0.25, 0.3) is 5.59 Å². The van der Waals surface area contributed by atoms with Gasteiger partial charge in [-0.2, -0.15) is 0 Å². The quantitative estimate of drug-likeness (QED) is 0.168. The zero-order chi connectivity index (χ0) is 18.3. The summed E-state index contributed by atoms with van der Waals surface area (Å²) in [6.45, 7) is 4.50. The second kappa shape index (κ2) is 13.1. The number of carbonyl (C=O) groups is 1. The fourth-order valence-corrected chi connectivity index (χ4v) is 0.748. The van der Waals surface area contributed by atoms with Crippen molar-refractivity contribution in [2.75, 3.05) is 0 Å². The van der Waals surface area contributed by atoms with Crippen molar-refractivity contribution in [2.45, 2.75) is 6.42 Å². The molecule has 12 heteroatoms. The van der Waals surface area contributed by atoms with Crippen molar-refractivity contribution in [2.24, 2.45) is 0 Å². The van der Waals surface area contributed by atoms with Crippen LogP contribution in [0.1, 0.15) is 6.42 Å². The van der Waals surface area contributed by atoms with E-state index in [1.54, 1.807) is 12.8 Å². The molecule has 2 fully saturated rings. The van der Waals surface area contributed by atoms with Crippen LogP contribution < -0.4 is 0 Å². The number of nitrogens with zero attached hydrogens (tertiary/aromatic N) is 1. The van der Waals surface area contributed by atoms with Crippen LogP contribution in [0, 0.1) is 62.9 Å². The van der Waals surface area contributed by atoms with Crippen LogP contribution in [-0.4, -0.2) is 5.78 Å². The Morgan fingerprint density at radius 2 is 1.13 bits per heavy atom. The van der Waals surface area contributed by atoms with Gasteiger partial charge in [-0.1, -0.05) is 0 Å². The third-order valence-corrected chi connectivity index (χ3v) is 1.29. The summed E-state index contributed by atoms with van der Waals surface area (Å²) in [5.74, 6) is 0.218. The molecule has 2 aliphatic carbocycles. The number of halogens is 6. The number of carbonyl (C=O) groups excluding carboxylic acids is 1. The number of ketones is 1. The van der Waals surface area contributed by atoms with Crippen molar-refractivity contribution in [3.8, 4) is 0 Å². The maximum absolute atomic E-state index is 10.7. The summed E-state index contributed by atoms with van der Waals surface area (Å²) < 4.78 is 66.7. The van der Waals surface area contributed by atoms with E-state index < -0.39 is 7.81 Å². The summed E-state index contributed by atoms with van der Waals surface area (Å²) in [5, 5.41) is 0. The molecular weight excluding hydrogens is 435 g/mol. The molecule has 0 amide bonds. The molecule has 4 nitrogen and oxygen atoms in total. The van der Waals surface area contributed by atoms with Gasteiger partial charge in [-0.25, -0.2) is 0 Å². The average Bonchev–Trinajstić information content (AvgIpc) is 3.05. The summed E-state index contributed by atoms with van der Waals surface area (Å²) in [6.07, 6.45) is 15.8. The van der Waals surface area contributed by atoms with Crippen molar-refractivity contribution in [3.63, 3.8) is 0 Å². The molecule has 0 unspecified atom stereocenters. The summed E-state index contributed by atoms with van der Waals surface area (Å²) in [7, 11) is -10.7. The fraction of sp³-hybridized carbons (Fsp3) is 0.0909. The second-order valence-electron chi connectivity index (χ2n) is 3.19. The molecule has 0 spiro atoms. The van der Waals surface area contributed by atoms with Crippen molar-refractivity contribution in [1.29, 1.82) is 0 Å². The SMILES string of the molecule is F[P-](F)(F)(F)(F)F.O=C1[CH][CH][CH]C1.[C-]#[O+].[CH]1[CH][CH][CH][CH]1.[Mo+2].[N-]=O. The topological polar surface area (TPSA) is 76.3 Å².